The third-order valence-electron chi connectivity index (χ3n) is 2.53. The maximum atomic E-state index is 13.3. The Morgan fingerprint density at radius 1 is 1.47 bits per heavy atom. The van der Waals surface area contributed by atoms with Crippen LogP contribution in [0, 0.1) is 12.7 Å². The molecule has 4 heteroatoms. The molecular weight excluding hydrogens is 237 g/mol. The predicted molar refractivity (Wildman–Crippen MR) is 71.8 cm³/mol. The van der Waals surface area contributed by atoms with E-state index in [9.17, 15) is 9.50 Å². The molecule has 2 N–H and O–H groups in total. The van der Waals surface area contributed by atoms with Crippen molar-refractivity contribution >= 4 is 11.8 Å². The van der Waals surface area contributed by atoms with Gasteiger partial charge in [0.2, 0.25) is 0 Å². The lowest BCUT2D eigenvalue weighted by Gasteiger charge is -2.22. The van der Waals surface area contributed by atoms with Crippen molar-refractivity contribution in [3.05, 3.63) is 35.1 Å². The van der Waals surface area contributed by atoms with Gasteiger partial charge in [0.1, 0.15) is 5.82 Å². The molecule has 1 atom stereocenters. The van der Waals surface area contributed by atoms with Gasteiger partial charge in [-0.15, -0.1) is 0 Å². The Morgan fingerprint density at radius 3 is 2.76 bits per heavy atom. The van der Waals surface area contributed by atoms with Gasteiger partial charge in [0, 0.05) is 18.8 Å². The molecule has 0 amide bonds. The van der Waals surface area contributed by atoms with Crippen LogP contribution in [0.4, 0.5) is 4.39 Å². The first-order valence-corrected chi connectivity index (χ1v) is 7.01. The van der Waals surface area contributed by atoms with E-state index in [1.54, 1.807) is 31.7 Å². The fraction of sp³-hybridized carbons (Fsp3) is 0.538. The lowest BCUT2D eigenvalue weighted by molar-refractivity contribution is 0.0846. The smallest absolute Gasteiger partial charge is 0.126 e. The average Bonchev–Trinajstić information content (AvgIpc) is 2.23. The zero-order valence-corrected chi connectivity index (χ0v) is 11.4. The van der Waals surface area contributed by atoms with Gasteiger partial charge in [-0.2, -0.15) is 11.8 Å². The molecule has 0 saturated carbocycles. The molecule has 0 spiro atoms. The maximum Gasteiger partial charge on any atom is 0.126 e. The van der Waals surface area contributed by atoms with Crippen molar-refractivity contribution < 1.29 is 9.50 Å². The van der Waals surface area contributed by atoms with Crippen molar-refractivity contribution in [2.75, 3.05) is 18.6 Å². The van der Waals surface area contributed by atoms with Gasteiger partial charge in [-0.05, 0) is 37.3 Å². The molecule has 1 aromatic rings. The highest BCUT2D eigenvalue weighted by Crippen LogP contribution is 2.11. The van der Waals surface area contributed by atoms with Crippen LogP contribution in [-0.4, -0.2) is 29.3 Å². The van der Waals surface area contributed by atoms with Crippen molar-refractivity contribution in [1.82, 2.24) is 5.32 Å². The first-order valence-electron chi connectivity index (χ1n) is 5.62. The summed E-state index contributed by atoms with van der Waals surface area (Å²) in [6.45, 7) is 4.62. The van der Waals surface area contributed by atoms with Crippen molar-refractivity contribution in [2.45, 2.75) is 26.0 Å². The number of benzene rings is 1. The minimum absolute atomic E-state index is 0.180. The summed E-state index contributed by atoms with van der Waals surface area (Å²) < 4.78 is 13.3. The summed E-state index contributed by atoms with van der Waals surface area (Å²) >= 11 is 1.61. The molecule has 0 aromatic heterocycles. The lowest BCUT2D eigenvalue weighted by Crippen LogP contribution is -2.39. The zero-order valence-electron chi connectivity index (χ0n) is 10.6. The van der Waals surface area contributed by atoms with E-state index >= 15 is 0 Å². The van der Waals surface area contributed by atoms with Gasteiger partial charge in [0.25, 0.3) is 0 Å². The van der Waals surface area contributed by atoms with E-state index in [1.807, 2.05) is 12.3 Å². The second-order valence-electron chi connectivity index (χ2n) is 4.62. The van der Waals surface area contributed by atoms with Crippen LogP contribution in [0.3, 0.4) is 0 Å². The molecule has 17 heavy (non-hydrogen) atoms. The Hall–Kier alpha value is -0.580. The van der Waals surface area contributed by atoms with E-state index in [1.165, 1.54) is 6.07 Å². The van der Waals surface area contributed by atoms with Crippen molar-refractivity contribution in [1.29, 1.82) is 0 Å². The van der Waals surface area contributed by atoms with Gasteiger partial charge >= 0.3 is 0 Å². The maximum absolute atomic E-state index is 13.3. The number of thioether (sulfide) groups is 1. The summed E-state index contributed by atoms with van der Waals surface area (Å²) in [6.07, 6.45) is 1.96. The molecule has 0 fully saturated rings. The minimum Gasteiger partial charge on any atom is -0.388 e. The lowest BCUT2D eigenvalue weighted by atomic mass is 10.1. The fourth-order valence-electron chi connectivity index (χ4n) is 1.58. The molecule has 1 unspecified atom stereocenters. The predicted octanol–water partition coefficient (Wildman–Crippen LogP) is 2.34. The highest BCUT2D eigenvalue weighted by Gasteiger charge is 2.18. The van der Waals surface area contributed by atoms with Gasteiger partial charge < -0.3 is 10.4 Å². The second-order valence-corrected chi connectivity index (χ2v) is 5.48. The van der Waals surface area contributed by atoms with Crippen LogP contribution in [-0.2, 0) is 6.54 Å². The summed E-state index contributed by atoms with van der Waals surface area (Å²) in [4.78, 5) is 0. The number of aliphatic hydroxyl groups is 1. The van der Waals surface area contributed by atoms with Crippen LogP contribution in [0.5, 0.6) is 0 Å². The Balaban J connectivity index is 2.43. The van der Waals surface area contributed by atoms with Crippen molar-refractivity contribution in [3.8, 4) is 0 Å². The molecule has 0 saturated heterocycles. The quantitative estimate of drug-likeness (QED) is 0.820. The highest BCUT2D eigenvalue weighted by molar-refractivity contribution is 7.98. The van der Waals surface area contributed by atoms with Crippen LogP contribution in [0.25, 0.3) is 0 Å². The molecule has 2 nitrogen and oxygen atoms in total. The van der Waals surface area contributed by atoms with E-state index in [-0.39, 0.29) is 5.82 Å². The van der Waals surface area contributed by atoms with Gasteiger partial charge in [0.15, 0.2) is 0 Å². The van der Waals surface area contributed by atoms with E-state index < -0.39 is 5.60 Å². The molecule has 0 aliphatic carbocycles. The highest BCUT2D eigenvalue weighted by atomic mass is 32.2. The van der Waals surface area contributed by atoms with Gasteiger partial charge in [0.05, 0.1) is 5.60 Å². The minimum atomic E-state index is -0.720. The molecule has 1 rings (SSSR count). The van der Waals surface area contributed by atoms with Gasteiger partial charge in [-0.3, -0.25) is 0 Å². The van der Waals surface area contributed by atoms with Gasteiger partial charge in [-0.1, -0.05) is 12.1 Å². The number of nitrogens with one attached hydrogen (secondary N) is 1. The van der Waals surface area contributed by atoms with E-state index in [0.29, 0.717) is 24.4 Å². The molecule has 0 heterocycles. The Kier molecular flexibility index (Phi) is 5.43. The average molecular weight is 257 g/mol. The van der Waals surface area contributed by atoms with Crippen LogP contribution >= 0.6 is 11.8 Å². The van der Waals surface area contributed by atoms with E-state index in [4.69, 9.17) is 0 Å². The largest absolute Gasteiger partial charge is 0.388 e. The summed E-state index contributed by atoms with van der Waals surface area (Å²) in [5, 5.41) is 13.1. The number of rotatable bonds is 6. The third kappa shape index (κ3) is 5.06. The number of aryl methyl sites for hydroxylation is 1. The number of hydrogen-bond acceptors (Lipinski definition) is 3. The monoisotopic (exact) mass is 257 g/mol. The van der Waals surface area contributed by atoms with Crippen LogP contribution in [0.2, 0.25) is 0 Å². The van der Waals surface area contributed by atoms with Crippen LogP contribution in [0.1, 0.15) is 18.1 Å². The number of hydrogen-bond donors (Lipinski definition) is 2. The molecule has 0 bridgehead atoms. The summed E-state index contributed by atoms with van der Waals surface area (Å²) in [7, 11) is 0. The van der Waals surface area contributed by atoms with Crippen LogP contribution in [0.15, 0.2) is 18.2 Å². The zero-order chi connectivity index (χ0) is 12.9. The van der Waals surface area contributed by atoms with E-state index in [2.05, 4.69) is 5.32 Å². The molecule has 0 aliphatic rings. The second kappa shape index (κ2) is 6.38. The van der Waals surface area contributed by atoms with Crippen LogP contribution < -0.4 is 5.32 Å². The van der Waals surface area contributed by atoms with Gasteiger partial charge in [-0.25, -0.2) is 4.39 Å². The normalized spacial score (nSPS) is 14.6. The summed E-state index contributed by atoms with van der Waals surface area (Å²) in [6, 6.07) is 5.20. The third-order valence-corrected chi connectivity index (χ3v) is 3.44. The molecule has 0 aliphatic heterocycles. The van der Waals surface area contributed by atoms with Crippen molar-refractivity contribution in [3.63, 3.8) is 0 Å². The molecule has 0 radical (unpaired) electrons. The first-order chi connectivity index (χ1) is 7.94. The molecule has 1 aromatic carbocycles. The summed E-state index contributed by atoms with van der Waals surface area (Å²) in [5.41, 5.74) is 0.832. The number of halogens is 1. The molecular formula is C13H20FNOS. The standard InChI is InChI=1S/C13H20FNOS/c1-10-4-5-11(6-12(10)14)7-15-8-13(2,16)9-17-3/h4-6,15-16H,7-9H2,1-3H3. The van der Waals surface area contributed by atoms with Crippen molar-refractivity contribution in [2.24, 2.45) is 0 Å². The Labute approximate surface area is 107 Å². The fourth-order valence-corrected chi connectivity index (χ4v) is 2.31. The summed E-state index contributed by atoms with van der Waals surface area (Å²) in [5.74, 6) is 0.502. The molecule has 96 valence electrons. The first kappa shape index (κ1) is 14.5. The topological polar surface area (TPSA) is 32.3 Å². The SMILES string of the molecule is CSCC(C)(O)CNCc1ccc(C)c(F)c1. The Morgan fingerprint density at radius 2 is 2.18 bits per heavy atom. The Bertz CT molecular complexity index is 368. The van der Waals surface area contributed by atoms with E-state index in [0.717, 1.165) is 5.56 Å².